The van der Waals surface area contributed by atoms with Crippen molar-refractivity contribution in [1.29, 1.82) is 0 Å². The predicted octanol–water partition coefficient (Wildman–Crippen LogP) is 2.43. The maximum absolute atomic E-state index is 5.12. The average molecular weight is 186 g/mol. The lowest BCUT2D eigenvalue weighted by Gasteiger charge is -2.21. The summed E-state index contributed by atoms with van der Waals surface area (Å²) in [6.07, 6.45) is 8.38. The molecule has 76 valence electrons. The third-order valence-corrected chi connectivity index (χ3v) is 2.08. The first-order chi connectivity index (χ1) is 6.36. The fourth-order valence-electron chi connectivity index (χ4n) is 1.26. The van der Waals surface area contributed by atoms with E-state index in [4.69, 9.17) is 14.5 Å². The minimum Gasteiger partial charge on any atom is -0.350 e. The summed E-state index contributed by atoms with van der Waals surface area (Å²) in [5.41, 5.74) is 0. The average Bonchev–Trinajstić information content (AvgIpc) is 2.19. The monoisotopic (exact) mass is 186 g/mol. The van der Waals surface area contributed by atoms with Crippen LogP contribution in [0.4, 0.5) is 0 Å². The molecule has 1 rings (SSSR count). The van der Waals surface area contributed by atoms with Gasteiger partial charge < -0.3 is 4.74 Å². The first-order valence-corrected chi connectivity index (χ1v) is 4.90. The molecule has 0 bridgehead atoms. The van der Waals surface area contributed by atoms with Crippen LogP contribution in [-0.2, 0) is 14.5 Å². The summed E-state index contributed by atoms with van der Waals surface area (Å²) < 4.78 is 4.93. The Morgan fingerprint density at radius 1 is 1.23 bits per heavy atom. The lowest BCUT2D eigenvalue weighted by molar-refractivity contribution is -0.383. The van der Waals surface area contributed by atoms with Crippen molar-refractivity contribution in [2.45, 2.75) is 45.0 Å². The van der Waals surface area contributed by atoms with E-state index in [1.54, 1.807) is 7.11 Å². The van der Waals surface area contributed by atoms with Gasteiger partial charge in [0, 0.05) is 7.11 Å². The minimum absolute atomic E-state index is 0.109. The zero-order valence-corrected chi connectivity index (χ0v) is 8.36. The highest BCUT2D eigenvalue weighted by Crippen LogP contribution is 2.14. The summed E-state index contributed by atoms with van der Waals surface area (Å²) in [6.45, 7) is 2.19. The van der Waals surface area contributed by atoms with Crippen LogP contribution < -0.4 is 0 Å². The van der Waals surface area contributed by atoms with Crippen molar-refractivity contribution in [3.05, 3.63) is 12.2 Å². The van der Waals surface area contributed by atoms with Crippen LogP contribution >= 0.6 is 0 Å². The normalized spacial score (nSPS) is 27.8. The molecule has 1 aliphatic rings. The molecule has 0 aliphatic carbocycles. The molecular formula is C10H18O3. The highest BCUT2D eigenvalue weighted by atomic mass is 17.2. The van der Waals surface area contributed by atoms with Gasteiger partial charge in [-0.2, -0.15) is 4.89 Å². The molecule has 1 aliphatic heterocycles. The van der Waals surface area contributed by atoms with E-state index in [2.05, 4.69) is 6.92 Å². The number of unbranched alkanes of at least 4 members (excludes halogenated alkanes) is 2. The third kappa shape index (κ3) is 3.89. The Hall–Kier alpha value is -0.380. The van der Waals surface area contributed by atoms with Gasteiger partial charge in [0.15, 0.2) is 0 Å². The van der Waals surface area contributed by atoms with E-state index in [-0.39, 0.29) is 12.4 Å². The topological polar surface area (TPSA) is 27.7 Å². The highest BCUT2D eigenvalue weighted by Gasteiger charge is 2.15. The fraction of sp³-hybridized carbons (Fsp3) is 0.800. The van der Waals surface area contributed by atoms with Crippen LogP contribution in [0, 0.1) is 0 Å². The van der Waals surface area contributed by atoms with Gasteiger partial charge in [0.1, 0.15) is 6.10 Å². The molecule has 0 saturated heterocycles. The molecule has 0 saturated carbocycles. The molecule has 0 amide bonds. The van der Waals surface area contributed by atoms with Crippen LogP contribution in [0.15, 0.2) is 12.2 Å². The first kappa shape index (κ1) is 10.7. The van der Waals surface area contributed by atoms with Crippen molar-refractivity contribution >= 4 is 0 Å². The van der Waals surface area contributed by atoms with Crippen molar-refractivity contribution < 1.29 is 14.5 Å². The largest absolute Gasteiger partial charge is 0.350 e. The molecule has 3 heteroatoms. The van der Waals surface area contributed by atoms with E-state index in [9.17, 15) is 0 Å². The molecule has 13 heavy (non-hydrogen) atoms. The molecule has 0 N–H and O–H groups in total. The summed E-state index contributed by atoms with van der Waals surface area (Å²) in [5, 5.41) is 0. The van der Waals surface area contributed by atoms with Gasteiger partial charge in [-0.3, -0.25) is 0 Å². The van der Waals surface area contributed by atoms with Gasteiger partial charge in [-0.15, -0.1) is 0 Å². The van der Waals surface area contributed by atoms with E-state index in [1.165, 1.54) is 19.3 Å². The Morgan fingerprint density at radius 2 is 2.08 bits per heavy atom. The number of rotatable bonds is 5. The van der Waals surface area contributed by atoms with Crippen molar-refractivity contribution in [3.8, 4) is 0 Å². The fourth-order valence-corrected chi connectivity index (χ4v) is 1.26. The lowest BCUT2D eigenvalue weighted by atomic mass is 10.1. The van der Waals surface area contributed by atoms with Crippen molar-refractivity contribution in [1.82, 2.24) is 0 Å². The van der Waals surface area contributed by atoms with Gasteiger partial charge in [0.05, 0.1) is 0 Å². The van der Waals surface area contributed by atoms with Crippen molar-refractivity contribution in [2.75, 3.05) is 7.11 Å². The molecule has 0 spiro atoms. The number of ether oxygens (including phenoxy) is 1. The van der Waals surface area contributed by atoms with Crippen LogP contribution in [0.3, 0.4) is 0 Å². The summed E-state index contributed by atoms with van der Waals surface area (Å²) >= 11 is 0. The van der Waals surface area contributed by atoms with Crippen LogP contribution in [0.25, 0.3) is 0 Å². The molecule has 1 heterocycles. The molecule has 0 aromatic rings. The Kier molecular flexibility index (Phi) is 5.05. The number of methoxy groups -OCH3 is 1. The van der Waals surface area contributed by atoms with Gasteiger partial charge in [0.25, 0.3) is 0 Å². The maximum atomic E-state index is 5.12. The predicted molar refractivity (Wildman–Crippen MR) is 50.0 cm³/mol. The molecule has 0 unspecified atom stereocenters. The van der Waals surface area contributed by atoms with Gasteiger partial charge in [-0.25, -0.2) is 4.89 Å². The molecule has 0 radical (unpaired) electrons. The van der Waals surface area contributed by atoms with Gasteiger partial charge in [0.2, 0.25) is 6.29 Å². The Bertz CT molecular complexity index is 156. The Balaban J connectivity index is 2.15. The zero-order chi connectivity index (χ0) is 9.52. The summed E-state index contributed by atoms with van der Waals surface area (Å²) in [6, 6.07) is 0. The molecule has 0 fully saturated rings. The summed E-state index contributed by atoms with van der Waals surface area (Å²) in [4.78, 5) is 10.1. The second kappa shape index (κ2) is 6.13. The molecule has 0 aromatic heterocycles. The molecule has 0 aromatic carbocycles. The minimum atomic E-state index is -0.331. The lowest BCUT2D eigenvalue weighted by Crippen LogP contribution is -2.23. The molecule has 2 atom stereocenters. The van der Waals surface area contributed by atoms with E-state index >= 15 is 0 Å². The van der Waals surface area contributed by atoms with Gasteiger partial charge in [-0.05, 0) is 12.5 Å². The second-order valence-corrected chi connectivity index (χ2v) is 3.22. The quantitative estimate of drug-likeness (QED) is 0.375. The smallest absolute Gasteiger partial charge is 0.210 e. The standard InChI is InChI=1S/C10H18O3/c1-3-4-5-6-9-7-8-10(11-2)13-12-9/h7-10H,3-6H2,1-2H3/t9-,10+/m0/s1. The van der Waals surface area contributed by atoms with Gasteiger partial charge in [-0.1, -0.05) is 32.3 Å². The van der Waals surface area contributed by atoms with Crippen molar-refractivity contribution in [3.63, 3.8) is 0 Å². The van der Waals surface area contributed by atoms with E-state index in [1.807, 2.05) is 12.2 Å². The Labute approximate surface area is 79.6 Å². The van der Waals surface area contributed by atoms with Crippen LogP contribution in [0.1, 0.15) is 32.6 Å². The zero-order valence-electron chi connectivity index (χ0n) is 8.36. The van der Waals surface area contributed by atoms with Crippen LogP contribution in [-0.4, -0.2) is 19.5 Å². The van der Waals surface area contributed by atoms with Crippen LogP contribution in [0.2, 0.25) is 0 Å². The number of hydrogen-bond acceptors (Lipinski definition) is 3. The summed E-state index contributed by atoms with van der Waals surface area (Å²) in [5.74, 6) is 0. The van der Waals surface area contributed by atoms with Gasteiger partial charge >= 0.3 is 0 Å². The van der Waals surface area contributed by atoms with E-state index < -0.39 is 0 Å². The Morgan fingerprint density at radius 3 is 2.62 bits per heavy atom. The first-order valence-electron chi connectivity index (χ1n) is 4.90. The maximum Gasteiger partial charge on any atom is 0.210 e. The van der Waals surface area contributed by atoms with E-state index in [0.29, 0.717) is 0 Å². The highest BCUT2D eigenvalue weighted by molar-refractivity contribution is 4.93. The molecular weight excluding hydrogens is 168 g/mol. The van der Waals surface area contributed by atoms with E-state index in [0.717, 1.165) is 6.42 Å². The second-order valence-electron chi connectivity index (χ2n) is 3.22. The van der Waals surface area contributed by atoms with Crippen LogP contribution in [0.5, 0.6) is 0 Å². The molecule has 3 nitrogen and oxygen atoms in total. The third-order valence-electron chi connectivity index (χ3n) is 2.08. The van der Waals surface area contributed by atoms with Crippen molar-refractivity contribution in [2.24, 2.45) is 0 Å². The SMILES string of the molecule is CCCCC[C@H]1C=C[C@H](OC)OO1. The number of hydrogen-bond donors (Lipinski definition) is 0. The summed E-state index contributed by atoms with van der Waals surface area (Å²) in [7, 11) is 1.59.